The van der Waals surface area contributed by atoms with Crippen molar-refractivity contribution in [2.45, 2.75) is 58.2 Å². The van der Waals surface area contributed by atoms with Gasteiger partial charge in [0.05, 0.1) is 29.3 Å². The highest BCUT2D eigenvalue weighted by atomic mass is 35.5. The van der Waals surface area contributed by atoms with Crippen molar-refractivity contribution in [2.24, 2.45) is 0 Å². The number of nitrogens with one attached hydrogen (secondary N) is 1. The third-order valence-corrected chi connectivity index (χ3v) is 6.06. The van der Waals surface area contributed by atoms with Crippen LogP contribution in [0.2, 0.25) is 5.02 Å². The first-order valence-corrected chi connectivity index (χ1v) is 11.2. The van der Waals surface area contributed by atoms with E-state index in [9.17, 15) is 9.59 Å². The minimum atomic E-state index is -0.557. The van der Waals surface area contributed by atoms with Crippen LogP contribution >= 0.6 is 11.6 Å². The van der Waals surface area contributed by atoms with Crippen LogP contribution in [0.3, 0.4) is 0 Å². The summed E-state index contributed by atoms with van der Waals surface area (Å²) in [5.41, 5.74) is 1.99. The van der Waals surface area contributed by atoms with Crippen LogP contribution in [0.25, 0.3) is 0 Å². The third kappa shape index (κ3) is 4.26. The summed E-state index contributed by atoms with van der Waals surface area (Å²) in [6.45, 7) is 10.8. The Balaban J connectivity index is 1.49. The standard InChI is InChI=1S/C24H29ClN4O3/c1-23(2,3)32-22(31)28-9-8-16(14-28)27-17-11-18(13-26-12-17)29-21(30)19-7-6-15(25)10-20(19)24(29,4)5/h6-7,10-13,16,27H,8-9,14H2,1-5H3. The zero-order chi connectivity index (χ0) is 23.3. The number of ether oxygens (including phenoxy) is 1. The molecule has 1 saturated heterocycles. The molecule has 1 unspecified atom stereocenters. The lowest BCUT2D eigenvalue weighted by Gasteiger charge is -2.32. The van der Waals surface area contributed by atoms with Crippen LogP contribution in [0.4, 0.5) is 16.2 Å². The largest absolute Gasteiger partial charge is 0.444 e. The highest BCUT2D eigenvalue weighted by Gasteiger charge is 2.44. The van der Waals surface area contributed by atoms with Crippen molar-refractivity contribution in [2.75, 3.05) is 23.3 Å². The van der Waals surface area contributed by atoms with E-state index in [1.807, 2.05) is 46.8 Å². The van der Waals surface area contributed by atoms with Crippen LogP contribution < -0.4 is 10.2 Å². The molecule has 2 aliphatic heterocycles. The van der Waals surface area contributed by atoms with Gasteiger partial charge < -0.3 is 15.0 Å². The van der Waals surface area contributed by atoms with E-state index in [1.54, 1.807) is 34.3 Å². The van der Waals surface area contributed by atoms with Gasteiger partial charge in [0, 0.05) is 29.7 Å². The number of carbonyl (C=O) groups is 2. The van der Waals surface area contributed by atoms with E-state index in [4.69, 9.17) is 16.3 Å². The maximum atomic E-state index is 13.2. The average Bonchev–Trinajstić information content (AvgIpc) is 3.22. The fourth-order valence-corrected chi connectivity index (χ4v) is 4.55. The van der Waals surface area contributed by atoms with Crippen molar-refractivity contribution in [3.8, 4) is 0 Å². The van der Waals surface area contributed by atoms with Gasteiger partial charge >= 0.3 is 6.09 Å². The van der Waals surface area contributed by atoms with E-state index in [0.29, 0.717) is 29.4 Å². The molecule has 3 heterocycles. The molecule has 1 atom stereocenters. The second-order valence-corrected chi connectivity index (χ2v) is 10.3. The van der Waals surface area contributed by atoms with E-state index in [2.05, 4.69) is 10.3 Å². The number of amides is 2. The number of nitrogens with zero attached hydrogens (tertiary/aromatic N) is 3. The molecule has 2 aliphatic rings. The van der Waals surface area contributed by atoms with Crippen LogP contribution in [0.1, 0.15) is 57.0 Å². The van der Waals surface area contributed by atoms with Crippen LogP contribution in [-0.2, 0) is 10.3 Å². The summed E-state index contributed by atoms with van der Waals surface area (Å²) in [4.78, 5) is 33.4. The number of halogens is 1. The van der Waals surface area contributed by atoms with Crippen molar-refractivity contribution in [3.05, 3.63) is 52.8 Å². The molecule has 170 valence electrons. The molecule has 0 aliphatic carbocycles. The van der Waals surface area contributed by atoms with E-state index in [1.165, 1.54) is 0 Å². The molecule has 0 bridgehead atoms. The Morgan fingerprint density at radius 3 is 2.72 bits per heavy atom. The number of rotatable bonds is 3. The van der Waals surface area contributed by atoms with Crippen molar-refractivity contribution >= 4 is 35.0 Å². The lowest BCUT2D eigenvalue weighted by Crippen LogP contribution is -2.39. The summed E-state index contributed by atoms with van der Waals surface area (Å²) >= 11 is 6.19. The second kappa shape index (κ2) is 7.96. The number of hydrogen-bond donors (Lipinski definition) is 1. The predicted molar refractivity (Wildman–Crippen MR) is 125 cm³/mol. The molecule has 4 rings (SSSR count). The first-order chi connectivity index (χ1) is 15.0. The minimum absolute atomic E-state index is 0.0717. The van der Waals surface area contributed by atoms with Gasteiger partial charge in [-0.2, -0.15) is 0 Å². The number of anilines is 2. The molecule has 1 aromatic carbocycles. The number of aromatic nitrogens is 1. The van der Waals surface area contributed by atoms with Crippen molar-refractivity contribution in [1.82, 2.24) is 9.88 Å². The van der Waals surface area contributed by atoms with E-state index in [-0.39, 0.29) is 18.0 Å². The van der Waals surface area contributed by atoms with Gasteiger partial charge in [0.25, 0.3) is 5.91 Å². The summed E-state index contributed by atoms with van der Waals surface area (Å²) in [6, 6.07) is 7.38. The van der Waals surface area contributed by atoms with Gasteiger partial charge in [0.1, 0.15) is 5.60 Å². The maximum Gasteiger partial charge on any atom is 0.410 e. The van der Waals surface area contributed by atoms with Gasteiger partial charge in [0.2, 0.25) is 0 Å². The van der Waals surface area contributed by atoms with Gasteiger partial charge in [-0.05, 0) is 70.9 Å². The van der Waals surface area contributed by atoms with Crippen molar-refractivity contribution < 1.29 is 14.3 Å². The first-order valence-electron chi connectivity index (χ1n) is 10.8. The Kier molecular flexibility index (Phi) is 5.57. The SMILES string of the molecule is CC(C)(C)OC(=O)N1CCC(Nc2cncc(N3C(=O)c4ccc(Cl)cc4C3(C)C)c2)C1. The number of pyridine rings is 1. The fraction of sp³-hybridized carbons (Fsp3) is 0.458. The van der Waals surface area contributed by atoms with Gasteiger partial charge in [0.15, 0.2) is 0 Å². The fourth-order valence-electron chi connectivity index (χ4n) is 4.38. The zero-order valence-corrected chi connectivity index (χ0v) is 19.9. The summed E-state index contributed by atoms with van der Waals surface area (Å²) in [5, 5.41) is 4.06. The number of carbonyl (C=O) groups excluding carboxylic acids is 2. The smallest absolute Gasteiger partial charge is 0.410 e. The molecule has 2 amide bonds. The van der Waals surface area contributed by atoms with Gasteiger partial charge in [-0.25, -0.2) is 4.79 Å². The Morgan fingerprint density at radius 2 is 2.00 bits per heavy atom. The molecule has 1 fully saturated rings. The van der Waals surface area contributed by atoms with Crippen LogP contribution in [0.5, 0.6) is 0 Å². The molecule has 1 aromatic heterocycles. The van der Waals surface area contributed by atoms with Crippen molar-refractivity contribution in [3.63, 3.8) is 0 Å². The normalized spacial score (nSPS) is 19.8. The molecule has 8 heteroatoms. The van der Waals surface area contributed by atoms with Crippen molar-refractivity contribution in [1.29, 1.82) is 0 Å². The summed E-state index contributed by atoms with van der Waals surface area (Å²) < 4.78 is 5.47. The highest BCUT2D eigenvalue weighted by molar-refractivity contribution is 6.31. The summed E-state index contributed by atoms with van der Waals surface area (Å²) in [5.74, 6) is -0.0717. The van der Waals surface area contributed by atoms with Crippen LogP contribution in [-0.4, -0.2) is 46.6 Å². The molecule has 32 heavy (non-hydrogen) atoms. The van der Waals surface area contributed by atoms with Gasteiger partial charge in [-0.3, -0.25) is 14.7 Å². The monoisotopic (exact) mass is 456 g/mol. The molecule has 0 spiro atoms. The Bertz CT molecular complexity index is 1060. The minimum Gasteiger partial charge on any atom is -0.444 e. The highest BCUT2D eigenvalue weighted by Crippen LogP contribution is 2.43. The molecule has 7 nitrogen and oxygen atoms in total. The number of likely N-dealkylation sites (tertiary alicyclic amines) is 1. The molecule has 2 aromatic rings. The maximum absolute atomic E-state index is 13.2. The Hall–Kier alpha value is -2.80. The Labute approximate surface area is 193 Å². The number of benzene rings is 1. The summed E-state index contributed by atoms with van der Waals surface area (Å²) in [6.07, 6.45) is 3.94. The summed E-state index contributed by atoms with van der Waals surface area (Å²) in [7, 11) is 0. The Morgan fingerprint density at radius 1 is 1.25 bits per heavy atom. The average molecular weight is 457 g/mol. The van der Waals surface area contributed by atoms with Gasteiger partial charge in [-0.15, -0.1) is 0 Å². The zero-order valence-electron chi connectivity index (χ0n) is 19.1. The third-order valence-electron chi connectivity index (χ3n) is 5.83. The van der Waals surface area contributed by atoms with Crippen LogP contribution in [0.15, 0.2) is 36.7 Å². The predicted octanol–water partition coefficient (Wildman–Crippen LogP) is 5.05. The topological polar surface area (TPSA) is 74.8 Å². The molecule has 0 radical (unpaired) electrons. The molecular formula is C24H29ClN4O3. The van der Waals surface area contributed by atoms with E-state index < -0.39 is 11.1 Å². The molecule has 0 saturated carbocycles. The second-order valence-electron chi connectivity index (χ2n) is 9.88. The number of hydrogen-bond acceptors (Lipinski definition) is 5. The van der Waals surface area contributed by atoms with E-state index in [0.717, 1.165) is 17.7 Å². The first kappa shape index (κ1) is 22.4. The van der Waals surface area contributed by atoms with Gasteiger partial charge in [-0.1, -0.05) is 11.6 Å². The quantitative estimate of drug-likeness (QED) is 0.699. The molecule has 1 N–H and O–H groups in total. The van der Waals surface area contributed by atoms with E-state index >= 15 is 0 Å². The molecular weight excluding hydrogens is 428 g/mol. The number of fused-ring (bicyclic) bond motifs is 1. The lowest BCUT2D eigenvalue weighted by atomic mass is 9.93. The lowest BCUT2D eigenvalue weighted by molar-refractivity contribution is 0.0293. The van der Waals surface area contributed by atoms with Crippen LogP contribution in [0, 0.1) is 0 Å².